The van der Waals surface area contributed by atoms with E-state index in [0.717, 1.165) is 4.90 Å². The van der Waals surface area contributed by atoms with Gasteiger partial charge >= 0.3 is 5.97 Å². The van der Waals surface area contributed by atoms with Gasteiger partial charge < -0.3 is 50.3 Å². The molecule has 3 aromatic carbocycles. The Kier molecular flexibility index (Phi) is 13.8. The molecule has 314 valence electrons. The molecule has 0 radical (unpaired) electrons. The lowest BCUT2D eigenvalue weighted by Gasteiger charge is -2.37. The van der Waals surface area contributed by atoms with Crippen LogP contribution in [0, 0.1) is 0 Å². The van der Waals surface area contributed by atoms with E-state index in [9.17, 15) is 43.8 Å². The lowest BCUT2D eigenvalue weighted by molar-refractivity contribution is -0.149. The minimum absolute atomic E-state index is 0.00881. The van der Waals surface area contributed by atoms with Crippen molar-refractivity contribution in [2.75, 3.05) is 28.3 Å². The number of carbonyl (C=O) groups is 7. The maximum Gasteiger partial charge on any atom is 0.303 e. The Morgan fingerprint density at radius 3 is 1.98 bits per heavy atom. The van der Waals surface area contributed by atoms with Gasteiger partial charge in [0.05, 0.1) is 7.11 Å². The lowest BCUT2D eigenvalue weighted by Crippen LogP contribution is -2.62. The molecule has 3 aliphatic heterocycles. The third-order valence-corrected chi connectivity index (χ3v) is 10.7. The predicted molar refractivity (Wildman–Crippen MR) is 212 cm³/mol. The van der Waals surface area contributed by atoms with Crippen LogP contribution in [0.25, 0.3) is 0 Å². The summed E-state index contributed by atoms with van der Waals surface area (Å²) < 4.78 is 11.2. The average molecular weight is 815 g/mol. The van der Waals surface area contributed by atoms with E-state index in [-0.39, 0.29) is 37.2 Å². The number of ether oxygens (including phenoxy) is 2. The number of phenolic OH excluding ortho intramolecular Hbond substituents is 1. The van der Waals surface area contributed by atoms with Gasteiger partial charge in [0.25, 0.3) is 0 Å². The van der Waals surface area contributed by atoms with Crippen molar-refractivity contribution in [3.63, 3.8) is 0 Å². The predicted octanol–water partition coefficient (Wildman–Crippen LogP) is 1.39. The van der Waals surface area contributed by atoms with Crippen LogP contribution in [0.3, 0.4) is 0 Å². The van der Waals surface area contributed by atoms with E-state index in [0.29, 0.717) is 28.2 Å². The number of phenols is 1. The Morgan fingerprint density at radius 2 is 1.34 bits per heavy atom. The van der Waals surface area contributed by atoms with Gasteiger partial charge in [0.2, 0.25) is 35.4 Å². The molecule has 0 spiro atoms. The van der Waals surface area contributed by atoms with E-state index in [1.54, 1.807) is 54.6 Å². The zero-order valence-corrected chi connectivity index (χ0v) is 33.8. The summed E-state index contributed by atoms with van der Waals surface area (Å²) in [6, 6.07) is 10.2. The minimum atomic E-state index is -1.44. The number of aliphatic carboxylic acids is 1. The second kappa shape index (κ2) is 18.7. The molecule has 1 fully saturated rings. The van der Waals surface area contributed by atoms with Crippen LogP contribution in [0.15, 0.2) is 66.7 Å². The van der Waals surface area contributed by atoms with Gasteiger partial charge in [0.1, 0.15) is 47.8 Å². The van der Waals surface area contributed by atoms with Crippen LogP contribution in [0.4, 0.5) is 0 Å². The molecule has 5 N–H and O–H groups in total. The third kappa shape index (κ3) is 10.5. The molecule has 6 amide bonds. The van der Waals surface area contributed by atoms with E-state index in [1.165, 1.54) is 64.0 Å². The van der Waals surface area contributed by atoms with E-state index < -0.39 is 84.1 Å². The maximum absolute atomic E-state index is 14.7. The van der Waals surface area contributed by atoms with Gasteiger partial charge in [-0.25, -0.2) is 0 Å². The second-order valence-electron chi connectivity index (χ2n) is 14.9. The summed E-state index contributed by atoms with van der Waals surface area (Å²) in [4.78, 5) is 100. The smallest absolute Gasteiger partial charge is 0.303 e. The van der Waals surface area contributed by atoms with E-state index in [4.69, 9.17) is 9.47 Å². The van der Waals surface area contributed by atoms with Gasteiger partial charge in [-0.3, -0.25) is 33.6 Å². The number of aromatic hydroxyl groups is 1. The number of rotatable bonds is 6. The summed E-state index contributed by atoms with van der Waals surface area (Å²) in [7, 11) is 5.66. The number of methoxy groups -OCH3 is 1. The highest BCUT2D eigenvalue weighted by molar-refractivity contribution is 5.98. The van der Waals surface area contributed by atoms with Crippen molar-refractivity contribution in [1.82, 2.24) is 30.7 Å². The number of benzene rings is 3. The number of amides is 6. The molecule has 0 aliphatic carbocycles. The van der Waals surface area contributed by atoms with E-state index >= 15 is 0 Å². The van der Waals surface area contributed by atoms with Gasteiger partial charge in [0, 0.05) is 46.8 Å². The van der Waals surface area contributed by atoms with Gasteiger partial charge in [-0.05, 0) is 73.4 Å². The molecular formula is C42H50N6O11. The largest absolute Gasteiger partial charge is 0.504 e. The standard InChI is InChI=1S/C42H50N6O11/c1-23-37(52)45-30(16-18-36(50)51)41(56)46(3)31(19-25-7-12-28(58-6)13-8-25)39(54)44-24(2)40(55)48(5)33-20-26-9-14-29(15-10-26)59-35-22-27(11-17-34(35)49)21-32(38(53)43-23)47(4)42(33)57/h7-15,17,22-24,30-33,49H,16,18-21H2,1-6H3,(H,43,53)(H,44,54)(H,45,52)(H,50,51)/t23-,24+,30+,31+,32+,33+/m1/s1. The molecule has 3 aromatic rings. The van der Waals surface area contributed by atoms with E-state index in [2.05, 4.69) is 16.0 Å². The third-order valence-electron chi connectivity index (χ3n) is 10.7. The van der Waals surface area contributed by atoms with Crippen LogP contribution in [0.2, 0.25) is 0 Å². The second-order valence-corrected chi connectivity index (χ2v) is 14.9. The molecule has 1 saturated heterocycles. The minimum Gasteiger partial charge on any atom is -0.504 e. The molecule has 17 heteroatoms. The fourth-order valence-corrected chi connectivity index (χ4v) is 7.04. The first kappa shape index (κ1) is 43.5. The molecule has 3 heterocycles. The van der Waals surface area contributed by atoms with Crippen molar-refractivity contribution in [3.05, 3.63) is 83.4 Å². The molecule has 0 saturated carbocycles. The number of carboxylic acid groups (broad SMARTS) is 1. The summed E-state index contributed by atoms with van der Waals surface area (Å²) in [5.74, 6) is -4.74. The summed E-state index contributed by atoms with van der Waals surface area (Å²) in [6.45, 7) is 2.81. The molecule has 59 heavy (non-hydrogen) atoms. The molecule has 0 aromatic heterocycles. The Labute approximate surface area is 341 Å². The lowest BCUT2D eigenvalue weighted by atomic mass is 9.98. The van der Waals surface area contributed by atoms with Gasteiger partial charge in [-0.15, -0.1) is 0 Å². The van der Waals surface area contributed by atoms with Crippen LogP contribution in [0.1, 0.15) is 43.4 Å². The average Bonchev–Trinajstić information content (AvgIpc) is 3.21. The number of fused-ring (bicyclic) bond motifs is 2. The maximum atomic E-state index is 14.7. The molecule has 17 nitrogen and oxygen atoms in total. The monoisotopic (exact) mass is 814 g/mol. The molecule has 0 unspecified atom stereocenters. The first-order valence-electron chi connectivity index (χ1n) is 19.1. The van der Waals surface area contributed by atoms with Crippen molar-refractivity contribution in [2.45, 2.75) is 82.2 Å². The zero-order valence-electron chi connectivity index (χ0n) is 33.8. The molecule has 6 bridgehead atoms. The number of hydrogen-bond donors (Lipinski definition) is 5. The number of nitrogens with one attached hydrogen (secondary N) is 3. The van der Waals surface area contributed by atoms with Crippen LogP contribution < -0.4 is 25.4 Å². The molecule has 6 atom stereocenters. The first-order chi connectivity index (χ1) is 28.0. The van der Waals surface area contributed by atoms with Crippen LogP contribution in [-0.4, -0.2) is 131 Å². The van der Waals surface area contributed by atoms with Crippen molar-refractivity contribution < 1.29 is 53.2 Å². The van der Waals surface area contributed by atoms with E-state index in [1.807, 2.05) is 0 Å². The SMILES string of the molecule is COc1ccc(C[C@H]2C(=O)N[C@@H](C)C(=O)N(C)[C@H]3Cc4ccc(cc4)Oc4cc(ccc4O)C[C@@H](C(=O)N[C@H](C)C(=O)N[C@@H](CCC(=O)O)C(=O)N2C)N(C)C3=O)cc1. The number of carbonyl (C=O) groups excluding carboxylic acids is 6. The molecule has 6 rings (SSSR count). The van der Waals surface area contributed by atoms with Crippen molar-refractivity contribution in [3.8, 4) is 23.0 Å². The highest BCUT2D eigenvalue weighted by Crippen LogP contribution is 2.33. The summed E-state index contributed by atoms with van der Waals surface area (Å²) >= 11 is 0. The number of hydrogen-bond acceptors (Lipinski definition) is 10. The van der Waals surface area contributed by atoms with Crippen molar-refractivity contribution in [2.24, 2.45) is 0 Å². The fraction of sp³-hybridized carbons (Fsp3) is 0.405. The Morgan fingerprint density at radius 1 is 0.729 bits per heavy atom. The van der Waals surface area contributed by atoms with Crippen molar-refractivity contribution in [1.29, 1.82) is 0 Å². The number of carboxylic acids is 1. The summed E-state index contributed by atoms with van der Waals surface area (Å²) in [5, 5.41) is 28.0. The van der Waals surface area contributed by atoms with Crippen LogP contribution in [0.5, 0.6) is 23.0 Å². The number of likely N-dealkylation sites (N-methyl/N-ethyl adjacent to an activating group) is 3. The van der Waals surface area contributed by atoms with Gasteiger partial charge in [0.15, 0.2) is 11.5 Å². The zero-order chi connectivity index (χ0) is 43.1. The summed E-state index contributed by atoms with van der Waals surface area (Å²) in [6.07, 6.45) is -1.04. The molecule has 3 aliphatic rings. The highest BCUT2D eigenvalue weighted by Gasteiger charge is 2.40. The number of nitrogens with zero attached hydrogens (tertiary/aromatic N) is 3. The van der Waals surface area contributed by atoms with Gasteiger partial charge in [-0.2, -0.15) is 0 Å². The quantitative estimate of drug-likeness (QED) is 0.239. The molecular weight excluding hydrogens is 764 g/mol. The highest BCUT2D eigenvalue weighted by atomic mass is 16.5. The van der Waals surface area contributed by atoms with Gasteiger partial charge in [-0.1, -0.05) is 30.3 Å². The Bertz CT molecular complexity index is 2080. The Hall–Kier alpha value is -6.65. The van der Waals surface area contributed by atoms with Crippen molar-refractivity contribution >= 4 is 41.4 Å². The van der Waals surface area contributed by atoms with Crippen LogP contribution >= 0.6 is 0 Å². The summed E-state index contributed by atoms with van der Waals surface area (Å²) in [5.41, 5.74) is 1.73. The first-order valence-corrected chi connectivity index (χ1v) is 19.1. The van der Waals surface area contributed by atoms with Crippen LogP contribution in [-0.2, 0) is 52.8 Å². The fourth-order valence-electron chi connectivity index (χ4n) is 7.04. The topological polar surface area (TPSA) is 224 Å². The normalized spacial score (nSPS) is 23.7. The Balaban J connectivity index is 1.60.